The Morgan fingerprint density at radius 2 is 2.05 bits per heavy atom. The van der Waals surface area contributed by atoms with Crippen molar-refractivity contribution in [1.29, 1.82) is 0 Å². The van der Waals surface area contributed by atoms with E-state index >= 15 is 0 Å². The van der Waals surface area contributed by atoms with Crippen LogP contribution in [0.4, 0.5) is 5.69 Å². The van der Waals surface area contributed by atoms with Crippen molar-refractivity contribution in [3.8, 4) is 5.75 Å². The minimum Gasteiger partial charge on any atom is -0.495 e. The Kier molecular flexibility index (Phi) is 4.97. The second-order valence-corrected chi connectivity index (χ2v) is 4.39. The molecule has 116 valence electrons. The quantitative estimate of drug-likeness (QED) is 0.708. The molecule has 1 aromatic heterocycles. The first-order valence-corrected chi connectivity index (χ1v) is 6.49. The van der Waals surface area contributed by atoms with Gasteiger partial charge in [-0.15, -0.1) is 0 Å². The molecular formula is C14H16N4O4. The molecule has 1 heterocycles. The maximum absolute atomic E-state index is 11.7. The van der Waals surface area contributed by atoms with Crippen LogP contribution in [0.25, 0.3) is 0 Å². The summed E-state index contributed by atoms with van der Waals surface area (Å²) in [6.07, 6.45) is 0. The summed E-state index contributed by atoms with van der Waals surface area (Å²) in [7, 11) is 1.54. The molecule has 0 bridgehead atoms. The van der Waals surface area contributed by atoms with E-state index in [0.717, 1.165) is 0 Å². The fourth-order valence-corrected chi connectivity index (χ4v) is 1.67. The summed E-state index contributed by atoms with van der Waals surface area (Å²) in [6, 6.07) is 8.66. The van der Waals surface area contributed by atoms with Gasteiger partial charge in [0.05, 0.1) is 25.0 Å². The number of nitrogens with zero attached hydrogens (tertiary/aromatic N) is 1. The normalized spacial score (nSPS) is 9.91. The fraction of sp³-hybridized carbons (Fsp3) is 0.214. The van der Waals surface area contributed by atoms with E-state index in [1.54, 1.807) is 26.2 Å². The molecule has 0 fully saturated rings. The van der Waals surface area contributed by atoms with Gasteiger partial charge >= 0.3 is 5.91 Å². The third-order valence-corrected chi connectivity index (χ3v) is 2.71. The molecule has 0 saturated heterocycles. The fourth-order valence-electron chi connectivity index (χ4n) is 1.67. The lowest BCUT2D eigenvalue weighted by Gasteiger charge is -2.11. The van der Waals surface area contributed by atoms with Gasteiger partial charge in [0, 0.05) is 6.07 Å². The van der Waals surface area contributed by atoms with Crippen molar-refractivity contribution in [1.82, 2.24) is 16.0 Å². The Bertz CT molecular complexity index is 668. The maximum atomic E-state index is 11.7. The number of para-hydroxylation sites is 2. The first-order valence-electron chi connectivity index (χ1n) is 6.49. The molecule has 0 atom stereocenters. The number of aryl methyl sites for hydroxylation is 1. The van der Waals surface area contributed by atoms with Gasteiger partial charge in [0.2, 0.25) is 5.76 Å². The smallest absolute Gasteiger partial charge is 0.308 e. The van der Waals surface area contributed by atoms with Crippen LogP contribution in [0.5, 0.6) is 5.75 Å². The number of rotatable bonds is 5. The topological polar surface area (TPSA) is 105 Å². The molecule has 1 aromatic carbocycles. The van der Waals surface area contributed by atoms with Gasteiger partial charge < -0.3 is 14.6 Å². The van der Waals surface area contributed by atoms with Crippen LogP contribution in [0.3, 0.4) is 0 Å². The molecule has 8 nitrogen and oxygen atoms in total. The van der Waals surface area contributed by atoms with Crippen LogP contribution >= 0.6 is 0 Å². The van der Waals surface area contributed by atoms with E-state index in [4.69, 9.17) is 9.26 Å². The number of hydrazine groups is 1. The van der Waals surface area contributed by atoms with Crippen molar-refractivity contribution in [2.45, 2.75) is 6.92 Å². The number of methoxy groups -OCH3 is 1. The largest absolute Gasteiger partial charge is 0.495 e. The highest BCUT2D eigenvalue weighted by atomic mass is 16.5. The number of amides is 2. The van der Waals surface area contributed by atoms with Gasteiger partial charge in [-0.05, 0) is 19.1 Å². The average molecular weight is 304 g/mol. The van der Waals surface area contributed by atoms with Gasteiger partial charge in [-0.25, -0.2) is 0 Å². The first kappa shape index (κ1) is 15.4. The van der Waals surface area contributed by atoms with Crippen LogP contribution in [0.2, 0.25) is 0 Å². The molecule has 0 aliphatic heterocycles. The number of carbonyl (C=O) groups excluding carboxylic acids is 2. The van der Waals surface area contributed by atoms with Crippen molar-refractivity contribution < 1.29 is 18.8 Å². The second kappa shape index (κ2) is 7.11. The molecule has 2 rings (SSSR count). The molecule has 8 heteroatoms. The third kappa shape index (κ3) is 3.98. The van der Waals surface area contributed by atoms with E-state index in [1.165, 1.54) is 6.07 Å². The van der Waals surface area contributed by atoms with Crippen molar-refractivity contribution in [3.05, 3.63) is 41.8 Å². The minimum absolute atomic E-state index is 0.0236. The minimum atomic E-state index is -0.578. The summed E-state index contributed by atoms with van der Waals surface area (Å²) in [5, 5.41) is 6.49. The molecule has 2 aromatic rings. The van der Waals surface area contributed by atoms with E-state index in [2.05, 4.69) is 21.3 Å². The number of carbonyl (C=O) groups is 2. The highest BCUT2D eigenvalue weighted by Crippen LogP contribution is 2.22. The van der Waals surface area contributed by atoms with Crippen molar-refractivity contribution in [3.63, 3.8) is 0 Å². The predicted molar refractivity (Wildman–Crippen MR) is 78.3 cm³/mol. The molecule has 0 aliphatic rings. The summed E-state index contributed by atoms with van der Waals surface area (Å²) in [4.78, 5) is 23.3. The number of benzene rings is 1. The Hall–Kier alpha value is -3.03. The lowest BCUT2D eigenvalue weighted by atomic mass is 10.3. The van der Waals surface area contributed by atoms with Gasteiger partial charge in [-0.3, -0.25) is 20.4 Å². The summed E-state index contributed by atoms with van der Waals surface area (Å²) in [5.41, 5.74) is 5.76. The molecule has 22 heavy (non-hydrogen) atoms. The zero-order valence-electron chi connectivity index (χ0n) is 12.2. The van der Waals surface area contributed by atoms with Crippen molar-refractivity contribution >= 4 is 17.5 Å². The number of hydrogen-bond acceptors (Lipinski definition) is 6. The lowest BCUT2D eigenvalue weighted by Crippen LogP contribution is -2.44. The van der Waals surface area contributed by atoms with Gasteiger partial charge in [0.15, 0.2) is 0 Å². The molecule has 2 amide bonds. The zero-order valence-corrected chi connectivity index (χ0v) is 12.2. The Balaban J connectivity index is 1.80. The average Bonchev–Trinajstić information content (AvgIpc) is 2.97. The Labute approximate surface area is 126 Å². The summed E-state index contributed by atoms with van der Waals surface area (Å²) < 4.78 is 9.93. The second-order valence-electron chi connectivity index (χ2n) is 4.39. The van der Waals surface area contributed by atoms with E-state index in [1.807, 2.05) is 12.1 Å². The highest BCUT2D eigenvalue weighted by Gasteiger charge is 2.12. The highest BCUT2D eigenvalue weighted by molar-refractivity contribution is 5.93. The number of ether oxygens (including phenoxy) is 1. The number of aromatic nitrogens is 1. The molecular weight excluding hydrogens is 288 g/mol. The number of nitrogens with one attached hydrogen (secondary N) is 3. The zero-order chi connectivity index (χ0) is 15.9. The standard InChI is InChI=1S/C14H16N4O4/c1-9-7-12(22-18-9)14(20)17-16-13(19)8-15-10-5-3-4-6-11(10)21-2/h3-7,15H,8H2,1-2H3,(H,16,19)(H,17,20). The number of hydrogen-bond donors (Lipinski definition) is 3. The summed E-state index contributed by atoms with van der Waals surface area (Å²) >= 11 is 0. The van der Waals surface area contributed by atoms with Crippen LogP contribution in [0.15, 0.2) is 34.9 Å². The van der Waals surface area contributed by atoms with Crippen LogP contribution in [0, 0.1) is 6.92 Å². The maximum Gasteiger partial charge on any atom is 0.308 e. The van der Waals surface area contributed by atoms with Crippen LogP contribution in [-0.4, -0.2) is 30.6 Å². The summed E-state index contributed by atoms with van der Waals surface area (Å²) in [6.45, 7) is 1.66. The van der Waals surface area contributed by atoms with Gasteiger partial charge in [0.1, 0.15) is 5.75 Å². The monoisotopic (exact) mass is 304 g/mol. The van der Waals surface area contributed by atoms with Gasteiger partial charge in [-0.1, -0.05) is 17.3 Å². The van der Waals surface area contributed by atoms with E-state index in [-0.39, 0.29) is 12.3 Å². The van der Waals surface area contributed by atoms with Gasteiger partial charge in [-0.2, -0.15) is 0 Å². The number of anilines is 1. The Morgan fingerprint density at radius 1 is 1.27 bits per heavy atom. The summed E-state index contributed by atoms with van der Waals surface area (Å²) in [5.74, 6) is -0.353. The van der Waals surface area contributed by atoms with Crippen LogP contribution < -0.4 is 20.9 Å². The van der Waals surface area contributed by atoms with Gasteiger partial charge in [0.25, 0.3) is 5.91 Å². The predicted octanol–water partition coefficient (Wildman–Crippen LogP) is 0.865. The lowest BCUT2D eigenvalue weighted by molar-refractivity contribution is -0.120. The molecule has 0 radical (unpaired) electrons. The van der Waals surface area contributed by atoms with Crippen LogP contribution in [-0.2, 0) is 4.79 Å². The van der Waals surface area contributed by atoms with E-state index in [0.29, 0.717) is 17.1 Å². The van der Waals surface area contributed by atoms with E-state index in [9.17, 15) is 9.59 Å². The first-order chi connectivity index (χ1) is 10.6. The third-order valence-electron chi connectivity index (χ3n) is 2.71. The SMILES string of the molecule is COc1ccccc1NCC(=O)NNC(=O)c1cc(C)no1. The van der Waals surface area contributed by atoms with Crippen molar-refractivity contribution in [2.24, 2.45) is 0 Å². The van der Waals surface area contributed by atoms with Crippen LogP contribution in [0.1, 0.15) is 16.2 Å². The van der Waals surface area contributed by atoms with E-state index < -0.39 is 11.8 Å². The molecule has 0 aliphatic carbocycles. The molecule has 0 unspecified atom stereocenters. The molecule has 0 spiro atoms. The molecule has 0 saturated carbocycles. The Morgan fingerprint density at radius 3 is 2.73 bits per heavy atom. The molecule has 3 N–H and O–H groups in total. The van der Waals surface area contributed by atoms with Crippen molar-refractivity contribution in [2.75, 3.05) is 19.0 Å².